The third-order valence-corrected chi connectivity index (χ3v) is 5.53. The molecule has 1 amide bonds. The van der Waals surface area contributed by atoms with E-state index in [-0.39, 0.29) is 0 Å². The lowest BCUT2D eigenvalue weighted by molar-refractivity contribution is -0.189. The molecule has 180 valence electrons. The van der Waals surface area contributed by atoms with Crippen LogP contribution in [0.4, 0.5) is 23.2 Å². The molecule has 12 heteroatoms. The molecule has 2 aromatic heterocycles. The molecule has 1 aliphatic rings. The summed E-state index contributed by atoms with van der Waals surface area (Å²) in [5.41, 5.74) is -0.557. The zero-order chi connectivity index (χ0) is 24.6. The van der Waals surface area contributed by atoms with Gasteiger partial charge >= 0.3 is 11.9 Å². The highest BCUT2D eigenvalue weighted by molar-refractivity contribution is 6.06. The van der Waals surface area contributed by atoms with E-state index in [4.69, 9.17) is 4.74 Å². The van der Waals surface area contributed by atoms with Crippen molar-refractivity contribution >= 4 is 11.6 Å². The van der Waals surface area contributed by atoms with Crippen molar-refractivity contribution in [3.8, 4) is 11.4 Å². The van der Waals surface area contributed by atoms with E-state index in [9.17, 15) is 22.8 Å². The molecule has 0 saturated heterocycles. The number of anilines is 1. The highest BCUT2D eigenvalue weighted by Crippen LogP contribution is 2.31. The van der Waals surface area contributed by atoms with Crippen molar-refractivity contribution in [3.05, 3.63) is 63.8 Å². The van der Waals surface area contributed by atoms with Gasteiger partial charge in [0.25, 0.3) is 5.91 Å². The third kappa shape index (κ3) is 4.52. The van der Waals surface area contributed by atoms with Gasteiger partial charge in [0, 0.05) is 37.1 Å². The molecule has 8 nitrogen and oxygen atoms in total. The van der Waals surface area contributed by atoms with Crippen molar-refractivity contribution in [1.82, 2.24) is 19.3 Å². The Hall–Kier alpha value is -3.70. The predicted octanol–water partition coefficient (Wildman–Crippen LogP) is 3.79. The molecule has 3 heterocycles. The van der Waals surface area contributed by atoms with E-state index in [1.54, 1.807) is 6.92 Å². The van der Waals surface area contributed by atoms with Crippen molar-refractivity contribution in [3.63, 3.8) is 0 Å². The average Bonchev–Trinajstić information content (AvgIpc) is 3.12. The molecular formula is C22H21F4N5O3. The molecule has 3 aromatic rings. The first kappa shape index (κ1) is 23.5. The zero-order valence-corrected chi connectivity index (χ0v) is 18.3. The number of benzene rings is 1. The topological polar surface area (TPSA) is 91.0 Å². The van der Waals surface area contributed by atoms with Crippen LogP contribution in [0.1, 0.15) is 41.5 Å². The number of fused-ring (bicyclic) bond motifs is 1. The number of hydrogen-bond donors (Lipinski definition) is 1. The van der Waals surface area contributed by atoms with Gasteiger partial charge in [0.15, 0.2) is 6.10 Å². The number of pyridine rings is 1. The monoisotopic (exact) mass is 479 g/mol. The first-order valence-corrected chi connectivity index (χ1v) is 10.5. The van der Waals surface area contributed by atoms with Crippen LogP contribution in [-0.2, 0) is 13.0 Å². The molecule has 1 aliphatic heterocycles. The number of carbonyl (C=O) groups excluding carboxylic acids is 1. The van der Waals surface area contributed by atoms with Crippen LogP contribution in [0.15, 0.2) is 35.4 Å². The van der Waals surface area contributed by atoms with Gasteiger partial charge in [0.2, 0.25) is 0 Å². The summed E-state index contributed by atoms with van der Waals surface area (Å²) in [6.45, 7) is 2.84. The molecule has 34 heavy (non-hydrogen) atoms. The Morgan fingerprint density at radius 2 is 2.03 bits per heavy atom. The summed E-state index contributed by atoms with van der Waals surface area (Å²) in [5.74, 6) is -1.98. The van der Waals surface area contributed by atoms with Crippen molar-refractivity contribution in [2.75, 3.05) is 5.32 Å². The number of aromatic nitrogens is 4. The summed E-state index contributed by atoms with van der Waals surface area (Å²) in [6.07, 6.45) is -2.06. The standard InChI is InChI=1S/C22H21F4N5O3/c1-12-11-27-7-6-16(12)28-20(32)14-9-15(23)17(10-18(14)34-13(2)22(24,25)26)31-21(33)30-8-4-3-5-19(30)29-31/h6-7,9-11,13H,3-5,8H2,1-2H3,(H,27,28,32). The number of hydrogen-bond acceptors (Lipinski definition) is 5. The van der Waals surface area contributed by atoms with Gasteiger partial charge in [-0.15, -0.1) is 5.10 Å². The number of aryl methyl sites for hydroxylation is 2. The molecule has 0 radical (unpaired) electrons. The Bertz CT molecular complexity index is 1300. The van der Waals surface area contributed by atoms with Gasteiger partial charge in [-0.05, 0) is 44.4 Å². The summed E-state index contributed by atoms with van der Waals surface area (Å²) < 4.78 is 62.0. The Balaban J connectivity index is 1.79. The smallest absolute Gasteiger partial charge is 0.425 e. The number of rotatable bonds is 5. The summed E-state index contributed by atoms with van der Waals surface area (Å²) in [7, 11) is 0. The molecule has 0 saturated carbocycles. The predicted molar refractivity (Wildman–Crippen MR) is 114 cm³/mol. The molecule has 0 bridgehead atoms. The summed E-state index contributed by atoms with van der Waals surface area (Å²) in [4.78, 5) is 29.5. The molecule has 4 rings (SSSR count). The minimum atomic E-state index is -4.74. The minimum Gasteiger partial charge on any atom is -0.480 e. The molecule has 0 fully saturated rings. The summed E-state index contributed by atoms with van der Waals surface area (Å²) in [6, 6.07) is 3.13. The zero-order valence-electron chi connectivity index (χ0n) is 18.3. The van der Waals surface area contributed by atoms with Crippen LogP contribution in [-0.4, -0.2) is 37.5 Å². The first-order chi connectivity index (χ1) is 16.1. The largest absolute Gasteiger partial charge is 0.480 e. The van der Waals surface area contributed by atoms with Gasteiger partial charge in [0.05, 0.1) is 5.56 Å². The highest BCUT2D eigenvalue weighted by Gasteiger charge is 2.39. The maximum absolute atomic E-state index is 15.1. The van der Waals surface area contributed by atoms with E-state index >= 15 is 4.39 Å². The molecule has 1 N–H and O–H groups in total. The van der Waals surface area contributed by atoms with E-state index in [1.165, 1.54) is 23.0 Å². The number of halogens is 4. The molecule has 1 atom stereocenters. The van der Waals surface area contributed by atoms with Crippen LogP contribution in [0.2, 0.25) is 0 Å². The quantitative estimate of drug-likeness (QED) is 0.563. The van der Waals surface area contributed by atoms with Gasteiger partial charge < -0.3 is 10.1 Å². The van der Waals surface area contributed by atoms with Crippen molar-refractivity contribution in [2.45, 2.75) is 51.9 Å². The second-order valence-corrected chi connectivity index (χ2v) is 7.97. The highest BCUT2D eigenvalue weighted by atomic mass is 19.4. The molecule has 0 spiro atoms. The maximum atomic E-state index is 15.1. The second-order valence-electron chi connectivity index (χ2n) is 7.97. The van der Waals surface area contributed by atoms with Crippen LogP contribution in [0.25, 0.3) is 5.69 Å². The lowest BCUT2D eigenvalue weighted by Crippen LogP contribution is -2.32. The van der Waals surface area contributed by atoms with E-state index in [1.807, 2.05) is 0 Å². The van der Waals surface area contributed by atoms with Gasteiger partial charge in [-0.3, -0.25) is 14.3 Å². The summed E-state index contributed by atoms with van der Waals surface area (Å²) in [5, 5.41) is 6.67. The molecule has 1 unspecified atom stereocenters. The van der Waals surface area contributed by atoms with Gasteiger partial charge in [-0.1, -0.05) is 0 Å². The average molecular weight is 479 g/mol. The van der Waals surface area contributed by atoms with Crippen molar-refractivity contribution in [1.29, 1.82) is 0 Å². The van der Waals surface area contributed by atoms with Crippen LogP contribution < -0.4 is 15.7 Å². The maximum Gasteiger partial charge on any atom is 0.425 e. The minimum absolute atomic E-state index is 0.345. The number of carbonyl (C=O) groups is 1. The second kappa shape index (κ2) is 8.92. The fourth-order valence-electron chi connectivity index (χ4n) is 3.60. The normalized spacial score (nSPS) is 14.4. The number of amides is 1. The van der Waals surface area contributed by atoms with E-state index in [2.05, 4.69) is 15.4 Å². The lowest BCUT2D eigenvalue weighted by atomic mass is 10.1. The summed E-state index contributed by atoms with van der Waals surface area (Å²) >= 11 is 0. The Morgan fingerprint density at radius 1 is 1.26 bits per heavy atom. The Morgan fingerprint density at radius 3 is 2.71 bits per heavy atom. The van der Waals surface area contributed by atoms with E-state index in [0.717, 1.165) is 36.6 Å². The van der Waals surface area contributed by atoms with E-state index in [0.29, 0.717) is 30.0 Å². The first-order valence-electron chi connectivity index (χ1n) is 10.5. The fourth-order valence-corrected chi connectivity index (χ4v) is 3.60. The van der Waals surface area contributed by atoms with Gasteiger partial charge in [-0.25, -0.2) is 9.18 Å². The van der Waals surface area contributed by atoms with Gasteiger partial charge in [-0.2, -0.15) is 17.9 Å². The fraction of sp³-hybridized carbons (Fsp3) is 0.364. The van der Waals surface area contributed by atoms with E-state index < -0.39 is 46.7 Å². The SMILES string of the molecule is Cc1cnccc1NC(=O)c1cc(F)c(-n2nc3n(c2=O)CCCC3)cc1OC(C)C(F)(F)F. The van der Waals surface area contributed by atoms with Gasteiger partial charge in [0.1, 0.15) is 23.1 Å². The van der Waals surface area contributed by atoms with Crippen LogP contribution >= 0.6 is 0 Å². The Kier molecular flexibility index (Phi) is 6.15. The lowest BCUT2D eigenvalue weighted by Gasteiger charge is -2.20. The van der Waals surface area contributed by atoms with Crippen molar-refractivity contribution in [2.24, 2.45) is 0 Å². The number of nitrogens with one attached hydrogen (secondary N) is 1. The molecular weight excluding hydrogens is 458 g/mol. The number of alkyl halides is 3. The van der Waals surface area contributed by atoms with Crippen LogP contribution in [0, 0.1) is 12.7 Å². The van der Waals surface area contributed by atoms with Crippen molar-refractivity contribution < 1.29 is 27.1 Å². The van der Waals surface area contributed by atoms with Crippen LogP contribution in [0.5, 0.6) is 5.75 Å². The van der Waals surface area contributed by atoms with Crippen LogP contribution in [0.3, 0.4) is 0 Å². The number of ether oxygens (including phenoxy) is 1. The number of nitrogens with zero attached hydrogens (tertiary/aromatic N) is 4. The molecule has 1 aromatic carbocycles. The third-order valence-electron chi connectivity index (χ3n) is 5.53. The molecule has 0 aliphatic carbocycles. The Labute approximate surface area is 191 Å².